The summed E-state index contributed by atoms with van der Waals surface area (Å²) in [6.45, 7) is 2.92. The van der Waals surface area contributed by atoms with Gasteiger partial charge in [-0.3, -0.25) is 4.99 Å². The Morgan fingerprint density at radius 1 is 1.88 bits per heavy atom. The van der Waals surface area contributed by atoms with Crippen LogP contribution in [-0.2, 0) is 0 Å². The fourth-order valence-corrected chi connectivity index (χ4v) is 0.753. The summed E-state index contributed by atoms with van der Waals surface area (Å²) in [5.74, 6) is 0. The summed E-state index contributed by atoms with van der Waals surface area (Å²) in [5, 5.41) is 0. The van der Waals surface area contributed by atoms with Crippen LogP contribution >= 0.6 is 0 Å². The van der Waals surface area contributed by atoms with Crippen LogP contribution in [0.25, 0.3) is 0 Å². The van der Waals surface area contributed by atoms with Gasteiger partial charge in [0.2, 0.25) is 0 Å². The molecular formula is C6H10N2. The van der Waals surface area contributed by atoms with Crippen LogP contribution in [0.3, 0.4) is 0 Å². The molecule has 1 rings (SSSR count). The normalized spacial score (nSPS) is 18.1. The first-order valence-corrected chi connectivity index (χ1v) is 2.82. The van der Waals surface area contributed by atoms with Gasteiger partial charge in [0.05, 0.1) is 12.2 Å². The lowest BCUT2D eigenvalue weighted by Gasteiger charge is -1.93. The molecule has 2 N–H and O–H groups in total. The van der Waals surface area contributed by atoms with Gasteiger partial charge in [-0.15, -0.1) is 0 Å². The molecule has 0 aromatic rings. The molecule has 8 heavy (non-hydrogen) atoms. The highest BCUT2D eigenvalue weighted by Crippen LogP contribution is 2.07. The Labute approximate surface area is 49.1 Å². The van der Waals surface area contributed by atoms with Crippen LogP contribution in [0.2, 0.25) is 0 Å². The van der Waals surface area contributed by atoms with E-state index in [0.29, 0.717) is 0 Å². The van der Waals surface area contributed by atoms with E-state index in [1.54, 1.807) is 6.21 Å². The Kier molecular flexibility index (Phi) is 1.33. The fraction of sp³-hybridized carbons (Fsp3) is 0.500. The van der Waals surface area contributed by atoms with Gasteiger partial charge in [0, 0.05) is 6.21 Å². The minimum atomic E-state index is 0.822. The van der Waals surface area contributed by atoms with Gasteiger partial charge < -0.3 is 5.73 Å². The van der Waals surface area contributed by atoms with E-state index in [9.17, 15) is 0 Å². The quantitative estimate of drug-likeness (QED) is 0.530. The van der Waals surface area contributed by atoms with E-state index in [1.165, 1.54) is 5.57 Å². The molecule has 1 heterocycles. The number of rotatable bonds is 1. The highest BCUT2D eigenvalue weighted by molar-refractivity contribution is 5.81. The second-order valence-electron chi connectivity index (χ2n) is 1.88. The zero-order chi connectivity index (χ0) is 5.98. The zero-order valence-corrected chi connectivity index (χ0v) is 5.02. The second-order valence-corrected chi connectivity index (χ2v) is 1.88. The van der Waals surface area contributed by atoms with Crippen molar-refractivity contribution in [1.29, 1.82) is 0 Å². The van der Waals surface area contributed by atoms with Crippen molar-refractivity contribution in [2.45, 2.75) is 13.3 Å². The number of aliphatic imine (C=N–C) groups is 1. The number of nitrogens with zero attached hydrogens (tertiary/aromatic N) is 1. The van der Waals surface area contributed by atoms with Gasteiger partial charge in [0.15, 0.2) is 0 Å². The molecule has 2 heteroatoms. The third-order valence-corrected chi connectivity index (χ3v) is 1.35. The molecule has 0 unspecified atom stereocenters. The molecule has 44 valence electrons. The van der Waals surface area contributed by atoms with E-state index in [0.717, 1.165) is 18.7 Å². The number of hydrogen-bond donors (Lipinski definition) is 1. The predicted octanol–water partition coefficient (Wildman–Crippen LogP) is 0.694. The molecule has 1 aliphatic rings. The fourth-order valence-electron chi connectivity index (χ4n) is 0.753. The van der Waals surface area contributed by atoms with Gasteiger partial charge in [0.25, 0.3) is 0 Å². The Bertz CT molecular complexity index is 145. The standard InChI is InChI=1S/C6H10N2/c1-2-5-3-8-4-6(5)7/h4H,2-3,7H2,1H3. The van der Waals surface area contributed by atoms with Crippen molar-refractivity contribution in [3.63, 3.8) is 0 Å². The lowest BCUT2D eigenvalue weighted by Crippen LogP contribution is -1.98. The molecule has 0 aromatic heterocycles. The molecule has 0 aliphatic carbocycles. The summed E-state index contributed by atoms with van der Waals surface area (Å²) in [7, 11) is 0. The average Bonchev–Trinajstić information content (AvgIpc) is 2.14. The summed E-state index contributed by atoms with van der Waals surface area (Å²) in [6, 6.07) is 0. The van der Waals surface area contributed by atoms with Crippen molar-refractivity contribution < 1.29 is 0 Å². The van der Waals surface area contributed by atoms with E-state index in [1.807, 2.05) is 0 Å². The molecule has 0 aromatic carbocycles. The van der Waals surface area contributed by atoms with Gasteiger partial charge in [-0.2, -0.15) is 0 Å². The van der Waals surface area contributed by atoms with Crippen LogP contribution in [0.5, 0.6) is 0 Å². The first kappa shape index (κ1) is 5.35. The Morgan fingerprint density at radius 3 is 2.88 bits per heavy atom. The van der Waals surface area contributed by atoms with E-state index in [4.69, 9.17) is 5.73 Å². The maximum absolute atomic E-state index is 5.52. The lowest BCUT2D eigenvalue weighted by atomic mass is 10.2. The average molecular weight is 110 g/mol. The van der Waals surface area contributed by atoms with Crippen molar-refractivity contribution >= 4 is 6.21 Å². The second kappa shape index (κ2) is 1.99. The van der Waals surface area contributed by atoms with E-state index in [2.05, 4.69) is 11.9 Å². The van der Waals surface area contributed by atoms with Crippen molar-refractivity contribution in [3.05, 3.63) is 11.3 Å². The maximum Gasteiger partial charge on any atom is 0.0623 e. The largest absolute Gasteiger partial charge is 0.397 e. The van der Waals surface area contributed by atoms with Gasteiger partial charge in [-0.05, 0) is 12.0 Å². The van der Waals surface area contributed by atoms with E-state index >= 15 is 0 Å². The highest BCUT2D eigenvalue weighted by Gasteiger charge is 2.02. The van der Waals surface area contributed by atoms with Gasteiger partial charge >= 0.3 is 0 Å². The molecule has 0 amide bonds. The summed E-state index contributed by atoms with van der Waals surface area (Å²) in [5.41, 5.74) is 7.66. The van der Waals surface area contributed by atoms with Gasteiger partial charge in [-0.1, -0.05) is 6.92 Å². The Morgan fingerprint density at radius 2 is 2.62 bits per heavy atom. The molecule has 0 spiro atoms. The van der Waals surface area contributed by atoms with E-state index in [-0.39, 0.29) is 0 Å². The summed E-state index contributed by atoms with van der Waals surface area (Å²) >= 11 is 0. The number of allylic oxidation sites excluding steroid dienone is 1. The van der Waals surface area contributed by atoms with Crippen LogP contribution in [0.1, 0.15) is 13.3 Å². The van der Waals surface area contributed by atoms with Crippen molar-refractivity contribution in [1.82, 2.24) is 0 Å². The zero-order valence-electron chi connectivity index (χ0n) is 5.02. The van der Waals surface area contributed by atoms with Crippen LogP contribution in [0.4, 0.5) is 0 Å². The van der Waals surface area contributed by atoms with Crippen LogP contribution in [-0.4, -0.2) is 12.8 Å². The minimum absolute atomic E-state index is 0.822. The topological polar surface area (TPSA) is 38.4 Å². The summed E-state index contributed by atoms with van der Waals surface area (Å²) in [6.07, 6.45) is 2.77. The van der Waals surface area contributed by atoms with Crippen molar-refractivity contribution in [2.75, 3.05) is 6.54 Å². The van der Waals surface area contributed by atoms with Crippen LogP contribution in [0.15, 0.2) is 16.3 Å². The summed E-state index contributed by atoms with van der Waals surface area (Å²) < 4.78 is 0. The SMILES string of the molecule is CCC1=C(N)C=NC1. The first-order valence-electron chi connectivity index (χ1n) is 2.82. The maximum atomic E-state index is 5.52. The Balaban J connectivity index is 2.68. The third-order valence-electron chi connectivity index (χ3n) is 1.35. The molecule has 2 nitrogen and oxygen atoms in total. The molecule has 0 bridgehead atoms. The molecule has 0 radical (unpaired) electrons. The molecule has 0 saturated carbocycles. The Hall–Kier alpha value is -0.790. The molecule has 0 fully saturated rings. The van der Waals surface area contributed by atoms with Crippen molar-refractivity contribution in [3.8, 4) is 0 Å². The smallest absolute Gasteiger partial charge is 0.0623 e. The molecular weight excluding hydrogens is 100 g/mol. The molecule has 0 saturated heterocycles. The van der Waals surface area contributed by atoms with Crippen LogP contribution < -0.4 is 5.73 Å². The number of hydrogen-bond acceptors (Lipinski definition) is 2. The van der Waals surface area contributed by atoms with Gasteiger partial charge in [-0.25, -0.2) is 0 Å². The first-order chi connectivity index (χ1) is 3.84. The third kappa shape index (κ3) is 0.735. The van der Waals surface area contributed by atoms with Crippen LogP contribution in [0, 0.1) is 0 Å². The monoisotopic (exact) mass is 110 g/mol. The highest BCUT2D eigenvalue weighted by atomic mass is 14.8. The minimum Gasteiger partial charge on any atom is -0.397 e. The van der Waals surface area contributed by atoms with E-state index < -0.39 is 0 Å². The number of nitrogens with two attached hydrogens (primary N) is 1. The van der Waals surface area contributed by atoms with Gasteiger partial charge in [0.1, 0.15) is 0 Å². The summed E-state index contributed by atoms with van der Waals surface area (Å²) in [4.78, 5) is 3.99. The lowest BCUT2D eigenvalue weighted by molar-refractivity contribution is 1.02. The predicted molar refractivity (Wildman–Crippen MR) is 34.9 cm³/mol. The molecule has 0 atom stereocenters. The van der Waals surface area contributed by atoms with Crippen molar-refractivity contribution in [2.24, 2.45) is 10.7 Å². The molecule has 1 aliphatic heterocycles.